The Balaban J connectivity index is 2.17. The number of anilines is 2. The monoisotopic (exact) mass is 268 g/mol. The molecule has 5 heteroatoms. The van der Waals surface area contributed by atoms with Crippen LogP contribution in [0.4, 0.5) is 15.8 Å². The summed E-state index contributed by atoms with van der Waals surface area (Å²) in [5.74, 6) is -0.327. The quantitative estimate of drug-likeness (QED) is 0.582. The first-order valence-electron chi connectivity index (χ1n) is 6.69. The van der Waals surface area contributed by atoms with Crippen LogP contribution in [-0.2, 0) is 0 Å². The number of nitrogens with two attached hydrogens (primary N) is 1. The van der Waals surface area contributed by atoms with E-state index in [9.17, 15) is 9.50 Å². The summed E-state index contributed by atoms with van der Waals surface area (Å²) in [5.41, 5.74) is 6.75. The topological polar surface area (TPSA) is 67.5 Å². The lowest BCUT2D eigenvalue weighted by molar-refractivity contribution is 0.144. The Hall–Kier alpha value is -1.49. The summed E-state index contributed by atoms with van der Waals surface area (Å²) in [6, 6.07) is 2.74. The molecule has 4 nitrogen and oxygen atoms in total. The zero-order chi connectivity index (χ0) is 13.8. The van der Waals surface area contributed by atoms with E-state index in [0.29, 0.717) is 11.4 Å². The van der Waals surface area contributed by atoms with Crippen LogP contribution >= 0.6 is 0 Å². The van der Waals surface area contributed by atoms with E-state index in [0.717, 1.165) is 32.1 Å². The summed E-state index contributed by atoms with van der Waals surface area (Å²) >= 11 is 0. The van der Waals surface area contributed by atoms with Crippen molar-refractivity contribution in [3.8, 4) is 5.75 Å². The van der Waals surface area contributed by atoms with Gasteiger partial charge in [-0.1, -0.05) is 19.3 Å². The van der Waals surface area contributed by atoms with E-state index in [2.05, 4.69) is 5.32 Å². The molecule has 0 spiro atoms. The van der Waals surface area contributed by atoms with Crippen LogP contribution in [0.2, 0.25) is 0 Å². The van der Waals surface area contributed by atoms with Gasteiger partial charge >= 0.3 is 0 Å². The normalized spacial score (nSPS) is 23.7. The maximum atomic E-state index is 13.5. The van der Waals surface area contributed by atoms with Crippen LogP contribution in [0.15, 0.2) is 12.1 Å². The van der Waals surface area contributed by atoms with Crippen LogP contribution in [0.3, 0.4) is 0 Å². The van der Waals surface area contributed by atoms with Gasteiger partial charge in [0.1, 0.15) is 0 Å². The number of nitrogen functional groups attached to an aromatic ring is 1. The Morgan fingerprint density at radius 1 is 1.32 bits per heavy atom. The maximum absolute atomic E-state index is 13.5. The summed E-state index contributed by atoms with van der Waals surface area (Å²) in [6.07, 6.45) is 4.54. The van der Waals surface area contributed by atoms with Crippen molar-refractivity contribution in [3.63, 3.8) is 0 Å². The van der Waals surface area contributed by atoms with Crippen molar-refractivity contribution in [2.45, 2.75) is 44.2 Å². The molecule has 4 N–H and O–H groups in total. The molecular formula is C14H21FN2O2. The molecule has 0 bridgehead atoms. The number of ether oxygens (including phenoxy) is 1. The smallest absolute Gasteiger partial charge is 0.167 e. The van der Waals surface area contributed by atoms with Gasteiger partial charge in [0.2, 0.25) is 0 Å². The summed E-state index contributed by atoms with van der Waals surface area (Å²) in [6.45, 7) is 0. The molecule has 0 amide bonds. The minimum atomic E-state index is -0.480. The molecule has 0 heterocycles. The van der Waals surface area contributed by atoms with Crippen molar-refractivity contribution in [2.75, 3.05) is 18.2 Å². The molecule has 0 aromatic heterocycles. The number of nitrogens with one attached hydrogen (secondary N) is 1. The fourth-order valence-corrected chi connectivity index (χ4v) is 2.51. The average molecular weight is 268 g/mol. The highest BCUT2D eigenvalue weighted by Gasteiger charge is 2.22. The minimum Gasteiger partial charge on any atom is -0.494 e. The molecule has 0 aliphatic heterocycles. The van der Waals surface area contributed by atoms with E-state index < -0.39 is 11.9 Å². The first-order chi connectivity index (χ1) is 9.11. The Bertz CT molecular complexity index is 440. The van der Waals surface area contributed by atoms with Gasteiger partial charge in [-0.05, 0) is 12.8 Å². The molecular weight excluding hydrogens is 247 g/mol. The molecule has 1 fully saturated rings. The van der Waals surface area contributed by atoms with Crippen molar-refractivity contribution in [1.82, 2.24) is 0 Å². The van der Waals surface area contributed by atoms with Crippen LogP contribution in [0.5, 0.6) is 5.75 Å². The maximum Gasteiger partial charge on any atom is 0.167 e. The van der Waals surface area contributed by atoms with E-state index in [1.54, 1.807) is 6.07 Å². The van der Waals surface area contributed by atoms with Gasteiger partial charge in [-0.25, -0.2) is 4.39 Å². The van der Waals surface area contributed by atoms with Crippen LogP contribution < -0.4 is 15.8 Å². The van der Waals surface area contributed by atoms with E-state index >= 15 is 0 Å². The summed E-state index contributed by atoms with van der Waals surface area (Å²) < 4.78 is 18.4. The van der Waals surface area contributed by atoms with Gasteiger partial charge in [0.05, 0.1) is 30.6 Å². The predicted molar refractivity (Wildman–Crippen MR) is 73.9 cm³/mol. The van der Waals surface area contributed by atoms with Gasteiger partial charge in [0.25, 0.3) is 0 Å². The van der Waals surface area contributed by atoms with Crippen molar-refractivity contribution in [1.29, 1.82) is 0 Å². The number of aliphatic hydroxyl groups excluding tert-OH is 1. The highest BCUT2D eigenvalue weighted by molar-refractivity contribution is 5.69. The highest BCUT2D eigenvalue weighted by atomic mass is 19.1. The molecule has 1 saturated carbocycles. The van der Waals surface area contributed by atoms with Gasteiger partial charge < -0.3 is 20.9 Å². The molecule has 2 atom stereocenters. The number of rotatable bonds is 3. The van der Waals surface area contributed by atoms with Gasteiger partial charge in [-0.15, -0.1) is 0 Å². The van der Waals surface area contributed by atoms with Crippen LogP contribution in [-0.4, -0.2) is 24.4 Å². The standard InChI is InChI=1S/C14H21FN2O2/c1-19-14-8-12(10(16)7-9(14)15)17-11-5-3-2-4-6-13(11)18/h7-8,11,13,17-18H,2-6,16H2,1H3. The first-order valence-corrected chi connectivity index (χ1v) is 6.69. The molecule has 1 aliphatic carbocycles. The Labute approximate surface area is 112 Å². The Morgan fingerprint density at radius 2 is 2.05 bits per heavy atom. The Morgan fingerprint density at radius 3 is 2.79 bits per heavy atom. The third kappa shape index (κ3) is 3.29. The van der Waals surface area contributed by atoms with Crippen molar-refractivity contribution in [3.05, 3.63) is 17.9 Å². The van der Waals surface area contributed by atoms with E-state index in [4.69, 9.17) is 10.5 Å². The number of hydrogen-bond donors (Lipinski definition) is 3. The largest absolute Gasteiger partial charge is 0.494 e. The molecule has 0 saturated heterocycles. The lowest BCUT2D eigenvalue weighted by Crippen LogP contribution is -2.32. The van der Waals surface area contributed by atoms with Gasteiger partial charge in [0.15, 0.2) is 11.6 Å². The van der Waals surface area contributed by atoms with Crippen molar-refractivity contribution < 1.29 is 14.2 Å². The highest BCUT2D eigenvalue weighted by Crippen LogP contribution is 2.30. The van der Waals surface area contributed by atoms with E-state index in [1.165, 1.54) is 13.2 Å². The van der Waals surface area contributed by atoms with E-state index in [-0.39, 0.29) is 11.8 Å². The number of aliphatic hydroxyl groups is 1. The van der Waals surface area contributed by atoms with Gasteiger partial charge in [-0.2, -0.15) is 0 Å². The zero-order valence-electron chi connectivity index (χ0n) is 11.2. The van der Waals surface area contributed by atoms with Crippen LogP contribution in [0.1, 0.15) is 32.1 Å². The number of hydrogen-bond acceptors (Lipinski definition) is 4. The van der Waals surface area contributed by atoms with Gasteiger partial charge in [-0.3, -0.25) is 0 Å². The molecule has 0 radical (unpaired) electrons. The second-order valence-electron chi connectivity index (χ2n) is 5.03. The van der Waals surface area contributed by atoms with Crippen LogP contribution in [0, 0.1) is 5.82 Å². The predicted octanol–water partition coefficient (Wildman–Crippen LogP) is 2.52. The Kier molecular flexibility index (Phi) is 4.47. The number of halogens is 1. The molecule has 1 aromatic carbocycles. The van der Waals surface area contributed by atoms with Crippen molar-refractivity contribution in [2.24, 2.45) is 0 Å². The lowest BCUT2D eigenvalue weighted by Gasteiger charge is -2.24. The third-order valence-corrected chi connectivity index (χ3v) is 3.64. The molecule has 2 unspecified atom stereocenters. The summed E-state index contributed by atoms with van der Waals surface area (Å²) in [7, 11) is 1.42. The lowest BCUT2D eigenvalue weighted by atomic mass is 10.1. The fourth-order valence-electron chi connectivity index (χ4n) is 2.51. The summed E-state index contributed by atoms with van der Waals surface area (Å²) in [4.78, 5) is 0. The van der Waals surface area contributed by atoms with Crippen LogP contribution in [0.25, 0.3) is 0 Å². The SMILES string of the molecule is COc1cc(NC2CCCCCC2O)c(N)cc1F. The minimum absolute atomic E-state index is 0.0417. The fraction of sp³-hybridized carbons (Fsp3) is 0.571. The zero-order valence-corrected chi connectivity index (χ0v) is 11.2. The second-order valence-corrected chi connectivity index (χ2v) is 5.03. The van der Waals surface area contributed by atoms with Crippen molar-refractivity contribution >= 4 is 11.4 Å². The number of benzene rings is 1. The summed E-state index contributed by atoms with van der Waals surface area (Å²) in [5, 5.41) is 13.3. The van der Waals surface area contributed by atoms with Gasteiger partial charge in [0, 0.05) is 12.1 Å². The molecule has 1 aromatic rings. The molecule has 2 rings (SSSR count). The number of methoxy groups -OCH3 is 1. The third-order valence-electron chi connectivity index (χ3n) is 3.64. The molecule has 19 heavy (non-hydrogen) atoms. The second kappa shape index (κ2) is 6.10. The average Bonchev–Trinajstić information content (AvgIpc) is 2.58. The molecule has 1 aliphatic rings. The van der Waals surface area contributed by atoms with E-state index in [1.807, 2.05) is 0 Å². The molecule has 106 valence electrons. The first kappa shape index (κ1) is 13.9.